The molecule has 1 heterocycles. The van der Waals surface area contributed by atoms with Gasteiger partial charge >= 0.3 is 11.8 Å². The average molecular weight is 234 g/mol. The zero-order valence-electron chi connectivity index (χ0n) is 8.52. The zero-order chi connectivity index (χ0) is 11.5. The van der Waals surface area contributed by atoms with E-state index >= 15 is 0 Å². The van der Waals surface area contributed by atoms with Crippen LogP contribution in [0.15, 0.2) is 0 Å². The zero-order valence-corrected chi connectivity index (χ0v) is 9.34. The molecule has 0 bridgehead atoms. The van der Waals surface area contributed by atoms with Crippen molar-refractivity contribution in [2.24, 2.45) is 0 Å². The molecule has 7 heteroatoms. The molecule has 1 saturated heterocycles. The Morgan fingerprint density at radius 1 is 1.27 bits per heavy atom. The molecule has 15 heavy (non-hydrogen) atoms. The van der Waals surface area contributed by atoms with Gasteiger partial charge in [-0.3, -0.25) is 9.59 Å². The number of amides is 2. The van der Waals surface area contributed by atoms with Crippen LogP contribution < -0.4 is 4.72 Å². The Kier molecular flexibility index (Phi) is 3.67. The van der Waals surface area contributed by atoms with E-state index in [-0.39, 0.29) is 5.75 Å². The van der Waals surface area contributed by atoms with Gasteiger partial charge in [-0.2, -0.15) is 0 Å². The molecule has 1 aliphatic rings. The van der Waals surface area contributed by atoms with Crippen molar-refractivity contribution in [2.75, 3.05) is 18.8 Å². The Balaban J connectivity index is 2.57. The summed E-state index contributed by atoms with van der Waals surface area (Å²) in [7, 11) is -3.64. The molecule has 6 nitrogen and oxygen atoms in total. The Bertz CT molecular complexity index is 357. The third-order valence-corrected chi connectivity index (χ3v) is 3.47. The lowest BCUT2D eigenvalue weighted by Crippen LogP contribution is -2.44. The van der Waals surface area contributed by atoms with Crippen molar-refractivity contribution in [2.45, 2.75) is 19.8 Å². The van der Waals surface area contributed by atoms with Crippen molar-refractivity contribution in [1.29, 1.82) is 0 Å². The molecule has 0 radical (unpaired) electrons. The predicted molar refractivity (Wildman–Crippen MR) is 53.4 cm³/mol. The van der Waals surface area contributed by atoms with E-state index in [1.165, 1.54) is 11.8 Å². The summed E-state index contributed by atoms with van der Waals surface area (Å²) in [6.45, 7) is 2.45. The number of carbonyl (C=O) groups excluding carboxylic acids is 2. The van der Waals surface area contributed by atoms with Crippen molar-refractivity contribution in [3.8, 4) is 0 Å². The molecule has 0 aliphatic carbocycles. The lowest BCUT2D eigenvalue weighted by Gasteiger charge is -2.14. The summed E-state index contributed by atoms with van der Waals surface area (Å²) >= 11 is 0. The highest BCUT2D eigenvalue weighted by Crippen LogP contribution is 2.07. The summed E-state index contributed by atoms with van der Waals surface area (Å²) in [6, 6.07) is 0. The molecule has 0 aromatic heterocycles. The first kappa shape index (κ1) is 12.0. The topological polar surface area (TPSA) is 83.5 Å². The summed E-state index contributed by atoms with van der Waals surface area (Å²) in [5.41, 5.74) is 0. The predicted octanol–water partition coefficient (Wildman–Crippen LogP) is -0.925. The van der Waals surface area contributed by atoms with Crippen molar-refractivity contribution >= 4 is 21.8 Å². The lowest BCUT2D eigenvalue weighted by atomic mass is 10.4. The highest BCUT2D eigenvalue weighted by molar-refractivity contribution is 7.90. The van der Waals surface area contributed by atoms with Gasteiger partial charge in [0, 0.05) is 13.1 Å². The quantitative estimate of drug-likeness (QED) is 0.626. The van der Waals surface area contributed by atoms with E-state index in [0.717, 1.165) is 12.8 Å². The third-order valence-electron chi connectivity index (χ3n) is 2.22. The van der Waals surface area contributed by atoms with Crippen LogP contribution in [0.25, 0.3) is 0 Å². The second-order valence-electron chi connectivity index (χ2n) is 3.33. The number of sulfonamides is 1. The average Bonchev–Trinajstić information content (AvgIpc) is 2.68. The maximum Gasteiger partial charge on any atom is 0.322 e. The van der Waals surface area contributed by atoms with Gasteiger partial charge < -0.3 is 4.90 Å². The fourth-order valence-electron chi connectivity index (χ4n) is 1.32. The minimum Gasteiger partial charge on any atom is -0.334 e. The summed E-state index contributed by atoms with van der Waals surface area (Å²) in [6.07, 6.45) is 1.72. The number of likely N-dealkylation sites (tertiary alicyclic amines) is 1. The first-order valence-corrected chi connectivity index (χ1v) is 6.45. The monoisotopic (exact) mass is 234 g/mol. The van der Waals surface area contributed by atoms with Gasteiger partial charge in [-0.15, -0.1) is 0 Å². The Hall–Kier alpha value is -1.11. The van der Waals surface area contributed by atoms with Gasteiger partial charge in [0.1, 0.15) is 0 Å². The second kappa shape index (κ2) is 4.61. The molecule has 0 unspecified atom stereocenters. The molecule has 1 aliphatic heterocycles. The summed E-state index contributed by atoms with van der Waals surface area (Å²) in [5, 5.41) is 0. The van der Waals surface area contributed by atoms with Gasteiger partial charge in [0.2, 0.25) is 10.0 Å². The van der Waals surface area contributed by atoms with Crippen LogP contribution in [0.3, 0.4) is 0 Å². The van der Waals surface area contributed by atoms with Crippen molar-refractivity contribution in [3.05, 3.63) is 0 Å². The molecule has 1 N–H and O–H groups in total. The molecule has 0 spiro atoms. The number of nitrogens with one attached hydrogen (secondary N) is 1. The molecule has 1 rings (SSSR count). The van der Waals surface area contributed by atoms with E-state index in [9.17, 15) is 18.0 Å². The van der Waals surface area contributed by atoms with Gasteiger partial charge in [0.15, 0.2) is 0 Å². The van der Waals surface area contributed by atoms with E-state index in [0.29, 0.717) is 13.1 Å². The first-order valence-electron chi connectivity index (χ1n) is 4.80. The van der Waals surface area contributed by atoms with Crippen LogP contribution >= 0.6 is 0 Å². The fraction of sp³-hybridized carbons (Fsp3) is 0.750. The van der Waals surface area contributed by atoms with Crippen molar-refractivity contribution in [1.82, 2.24) is 9.62 Å². The smallest absolute Gasteiger partial charge is 0.322 e. The van der Waals surface area contributed by atoms with E-state index < -0.39 is 21.8 Å². The number of rotatable bonds is 2. The minimum absolute atomic E-state index is 0.216. The van der Waals surface area contributed by atoms with Gasteiger partial charge in [0.05, 0.1) is 5.75 Å². The second-order valence-corrected chi connectivity index (χ2v) is 5.34. The molecule has 1 fully saturated rings. The number of hydrogen-bond donors (Lipinski definition) is 1. The van der Waals surface area contributed by atoms with Crippen LogP contribution in [0.5, 0.6) is 0 Å². The van der Waals surface area contributed by atoms with Gasteiger partial charge in [-0.05, 0) is 19.8 Å². The van der Waals surface area contributed by atoms with Gasteiger partial charge in [-0.1, -0.05) is 0 Å². The molecule has 0 atom stereocenters. The van der Waals surface area contributed by atoms with Crippen LogP contribution in [0.2, 0.25) is 0 Å². The highest BCUT2D eigenvalue weighted by Gasteiger charge is 2.26. The fourth-order valence-corrected chi connectivity index (χ4v) is 1.84. The minimum atomic E-state index is -3.64. The Morgan fingerprint density at radius 2 is 1.80 bits per heavy atom. The van der Waals surface area contributed by atoms with Crippen LogP contribution in [-0.2, 0) is 19.6 Å². The van der Waals surface area contributed by atoms with Crippen molar-refractivity contribution in [3.63, 3.8) is 0 Å². The summed E-state index contributed by atoms with van der Waals surface area (Å²) < 4.78 is 23.8. The third kappa shape index (κ3) is 3.19. The number of nitrogens with zero attached hydrogens (tertiary/aromatic N) is 1. The Morgan fingerprint density at radius 3 is 2.27 bits per heavy atom. The van der Waals surface area contributed by atoms with Crippen LogP contribution in [-0.4, -0.2) is 44.0 Å². The molecule has 0 aromatic rings. The van der Waals surface area contributed by atoms with E-state index in [4.69, 9.17) is 0 Å². The van der Waals surface area contributed by atoms with Crippen LogP contribution in [0, 0.1) is 0 Å². The van der Waals surface area contributed by atoms with E-state index in [1.54, 1.807) is 4.72 Å². The van der Waals surface area contributed by atoms with E-state index in [2.05, 4.69) is 0 Å². The Labute approximate surface area is 88.7 Å². The number of hydrogen-bond acceptors (Lipinski definition) is 4. The SMILES string of the molecule is CCS(=O)(=O)NC(=O)C(=O)N1CCCC1. The molecular weight excluding hydrogens is 220 g/mol. The highest BCUT2D eigenvalue weighted by atomic mass is 32.2. The van der Waals surface area contributed by atoms with Crippen molar-refractivity contribution < 1.29 is 18.0 Å². The van der Waals surface area contributed by atoms with Gasteiger partial charge in [0.25, 0.3) is 0 Å². The maximum absolute atomic E-state index is 11.4. The molecular formula is C8H14N2O4S. The van der Waals surface area contributed by atoms with Gasteiger partial charge in [-0.25, -0.2) is 13.1 Å². The molecule has 0 saturated carbocycles. The first-order chi connectivity index (χ1) is 6.96. The summed E-state index contributed by atoms with van der Waals surface area (Å²) in [4.78, 5) is 24.0. The standard InChI is InChI=1S/C8H14N2O4S/c1-2-15(13,14)9-7(11)8(12)10-5-3-4-6-10/h2-6H2,1H3,(H,9,11). The molecule has 86 valence electrons. The van der Waals surface area contributed by atoms with Crippen LogP contribution in [0.1, 0.15) is 19.8 Å². The maximum atomic E-state index is 11.4. The van der Waals surface area contributed by atoms with E-state index in [1.807, 2.05) is 0 Å². The summed E-state index contributed by atoms with van der Waals surface area (Å²) in [5.74, 6) is -2.03. The normalized spacial score (nSPS) is 16.5. The largest absolute Gasteiger partial charge is 0.334 e. The van der Waals surface area contributed by atoms with Crippen LogP contribution in [0.4, 0.5) is 0 Å². The molecule has 2 amide bonds. The number of carbonyl (C=O) groups is 2. The lowest BCUT2D eigenvalue weighted by molar-refractivity contribution is -0.144. The molecule has 0 aromatic carbocycles.